The van der Waals surface area contributed by atoms with E-state index in [-0.39, 0.29) is 0 Å². The van der Waals surface area contributed by atoms with E-state index in [4.69, 9.17) is 5.73 Å². The van der Waals surface area contributed by atoms with Gasteiger partial charge in [-0.2, -0.15) is 5.10 Å². The lowest BCUT2D eigenvalue weighted by atomic mass is 10.1. The monoisotopic (exact) mass is 258 g/mol. The number of rotatable bonds is 5. The molecule has 19 heavy (non-hydrogen) atoms. The second kappa shape index (κ2) is 5.89. The number of nitrogens with two attached hydrogens (primary N) is 1. The summed E-state index contributed by atoms with van der Waals surface area (Å²) in [7, 11) is 4.09. The molecule has 0 unspecified atom stereocenters. The Hall–Kier alpha value is -1.81. The first-order chi connectivity index (χ1) is 9.13. The molecule has 2 aromatic rings. The van der Waals surface area contributed by atoms with E-state index in [0.29, 0.717) is 6.54 Å². The van der Waals surface area contributed by atoms with Crippen LogP contribution in [0, 0.1) is 6.92 Å². The second-order valence-corrected chi connectivity index (χ2v) is 4.89. The molecule has 0 saturated carbocycles. The molecular weight excluding hydrogens is 236 g/mol. The summed E-state index contributed by atoms with van der Waals surface area (Å²) in [6, 6.07) is 10.5. The molecule has 1 aromatic carbocycles. The van der Waals surface area contributed by atoms with E-state index in [2.05, 4.69) is 41.3 Å². The molecule has 0 aliphatic carbocycles. The van der Waals surface area contributed by atoms with Gasteiger partial charge in [-0.1, -0.05) is 30.3 Å². The zero-order valence-corrected chi connectivity index (χ0v) is 11.9. The first kappa shape index (κ1) is 13.6. The van der Waals surface area contributed by atoms with E-state index in [1.165, 1.54) is 11.1 Å². The van der Waals surface area contributed by atoms with Gasteiger partial charge in [-0.3, -0.25) is 4.68 Å². The van der Waals surface area contributed by atoms with Crippen molar-refractivity contribution in [1.82, 2.24) is 9.78 Å². The molecule has 102 valence electrons. The summed E-state index contributed by atoms with van der Waals surface area (Å²) in [6.07, 6.45) is 0.869. The minimum atomic E-state index is 0.651. The summed E-state index contributed by atoms with van der Waals surface area (Å²) in [4.78, 5) is 2.24. The fraction of sp³-hybridized carbons (Fsp3) is 0.400. The number of nitrogens with zero attached hydrogens (tertiary/aromatic N) is 3. The van der Waals surface area contributed by atoms with Crippen LogP contribution in [0.25, 0.3) is 0 Å². The van der Waals surface area contributed by atoms with E-state index in [9.17, 15) is 0 Å². The number of aromatic nitrogens is 2. The van der Waals surface area contributed by atoms with Crippen molar-refractivity contribution in [3.8, 4) is 0 Å². The molecule has 0 aliphatic rings. The molecule has 0 radical (unpaired) electrons. The number of anilines is 1. The molecule has 0 spiro atoms. The van der Waals surface area contributed by atoms with Crippen molar-refractivity contribution in [3.05, 3.63) is 47.2 Å². The predicted octanol–water partition coefficient (Wildman–Crippen LogP) is 1.87. The molecule has 1 aromatic heterocycles. The maximum Gasteiger partial charge on any atom is 0.130 e. The molecule has 4 heteroatoms. The third kappa shape index (κ3) is 2.96. The Labute approximate surface area is 114 Å². The number of aryl methyl sites for hydroxylation is 2. The van der Waals surface area contributed by atoms with Gasteiger partial charge in [-0.25, -0.2) is 0 Å². The Kier molecular flexibility index (Phi) is 4.22. The maximum absolute atomic E-state index is 5.70. The van der Waals surface area contributed by atoms with E-state index in [1.54, 1.807) is 0 Å². The zero-order chi connectivity index (χ0) is 13.8. The standard InChI is InChI=1S/C15H22N4/c1-12-14(9-10-16)15(19(3)17-12)18(2)11-13-7-5-4-6-8-13/h4-8H,9-11,16H2,1-3H3. The minimum Gasteiger partial charge on any atom is -0.355 e. The van der Waals surface area contributed by atoms with Crippen molar-refractivity contribution in [1.29, 1.82) is 0 Å². The van der Waals surface area contributed by atoms with Gasteiger partial charge in [0.25, 0.3) is 0 Å². The van der Waals surface area contributed by atoms with Crippen LogP contribution in [0.15, 0.2) is 30.3 Å². The molecule has 4 nitrogen and oxygen atoms in total. The fourth-order valence-corrected chi connectivity index (χ4v) is 2.54. The molecule has 1 heterocycles. The van der Waals surface area contributed by atoms with Crippen molar-refractivity contribution in [2.45, 2.75) is 19.9 Å². The van der Waals surface area contributed by atoms with E-state index < -0.39 is 0 Å². The lowest BCUT2D eigenvalue weighted by Gasteiger charge is -2.21. The molecule has 0 atom stereocenters. The third-order valence-electron chi connectivity index (χ3n) is 3.33. The summed E-state index contributed by atoms with van der Waals surface area (Å²) in [6.45, 7) is 3.57. The number of hydrogen-bond acceptors (Lipinski definition) is 3. The van der Waals surface area contributed by atoms with Gasteiger partial charge >= 0.3 is 0 Å². The summed E-state index contributed by atoms with van der Waals surface area (Å²) < 4.78 is 1.95. The minimum absolute atomic E-state index is 0.651. The SMILES string of the molecule is Cc1nn(C)c(N(C)Cc2ccccc2)c1CCN. The Bertz CT molecular complexity index is 531. The van der Waals surface area contributed by atoms with Crippen LogP contribution < -0.4 is 10.6 Å². The molecule has 2 rings (SSSR count). The maximum atomic E-state index is 5.70. The summed E-state index contributed by atoms with van der Waals surface area (Å²) in [5, 5.41) is 4.51. The first-order valence-electron chi connectivity index (χ1n) is 6.61. The molecule has 0 amide bonds. The molecule has 0 fully saturated rings. The van der Waals surface area contributed by atoms with E-state index in [1.807, 2.05) is 24.7 Å². The van der Waals surface area contributed by atoms with Gasteiger partial charge in [-0.15, -0.1) is 0 Å². The van der Waals surface area contributed by atoms with Crippen molar-refractivity contribution in [2.24, 2.45) is 12.8 Å². The Morgan fingerprint density at radius 2 is 1.95 bits per heavy atom. The van der Waals surface area contributed by atoms with Crippen molar-refractivity contribution >= 4 is 5.82 Å². The highest BCUT2D eigenvalue weighted by molar-refractivity contribution is 5.50. The van der Waals surface area contributed by atoms with Crippen LogP contribution in [-0.2, 0) is 20.0 Å². The zero-order valence-electron chi connectivity index (χ0n) is 11.9. The average Bonchev–Trinajstić information content (AvgIpc) is 2.66. The van der Waals surface area contributed by atoms with Gasteiger partial charge in [-0.05, 0) is 25.5 Å². The molecule has 0 saturated heterocycles. The van der Waals surface area contributed by atoms with Crippen LogP contribution in [0.5, 0.6) is 0 Å². The van der Waals surface area contributed by atoms with Gasteiger partial charge in [0, 0.05) is 26.2 Å². The van der Waals surface area contributed by atoms with Crippen LogP contribution in [0.4, 0.5) is 5.82 Å². The lowest BCUT2D eigenvalue weighted by molar-refractivity contribution is 0.725. The van der Waals surface area contributed by atoms with Crippen molar-refractivity contribution < 1.29 is 0 Å². The molecule has 2 N–H and O–H groups in total. The fourth-order valence-electron chi connectivity index (χ4n) is 2.54. The second-order valence-electron chi connectivity index (χ2n) is 4.89. The summed E-state index contributed by atoms with van der Waals surface area (Å²) >= 11 is 0. The highest BCUT2D eigenvalue weighted by Crippen LogP contribution is 2.23. The van der Waals surface area contributed by atoms with Crippen LogP contribution >= 0.6 is 0 Å². The molecular formula is C15H22N4. The van der Waals surface area contributed by atoms with Gasteiger partial charge in [0.05, 0.1) is 5.69 Å². The Morgan fingerprint density at radius 1 is 1.26 bits per heavy atom. The molecule has 0 bridgehead atoms. The average molecular weight is 258 g/mol. The van der Waals surface area contributed by atoms with Crippen LogP contribution in [-0.4, -0.2) is 23.4 Å². The van der Waals surface area contributed by atoms with Crippen LogP contribution in [0.3, 0.4) is 0 Å². The smallest absolute Gasteiger partial charge is 0.130 e. The highest BCUT2D eigenvalue weighted by Gasteiger charge is 2.16. The van der Waals surface area contributed by atoms with E-state index in [0.717, 1.165) is 24.5 Å². The topological polar surface area (TPSA) is 47.1 Å². The quantitative estimate of drug-likeness (QED) is 0.890. The van der Waals surface area contributed by atoms with Gasteiger partial charge in [0.15, 0.2) is 0 Å². The van der Waals surface area contributed by atoms with Gasteiger partial charge < -0.3 is 10.6 Å². The van der Waals surface area contributed by atoms with Crippen molar-refractivity contribution in [3.63, 3.8) is 0 Å². The first-order valence-corrected chi connectivity index (χ1v) is 6.61. The predicted molar refractivity (Wildman–Crippen MR) is 79.3 cm³/mol. The third-order valence-corrected chi connectivity index (χ3v) is 3.33. The van der Waals surface area contributed by atoms with Crippen LogP contribution in [0.1, 0.15) is 16.8 Å². The number of benzene rings is 1. The van der Waals surface area contributed by atoms with Gasteiger partial charge in [0.2, 0.25) is 0 Å². The Balaban J connectivity index is 2.25. The largest absolute Gasteiger partial charge is 0.355 e. The van der Waals surface area contributed by atoms with Crippen molar-refractivity contribution in [2.75, 3.05) is 18.5 Å². The van der Waals surface area contributed by atoms with Gasteiger partial charge in [0.1, 0.15) is 5.82 Å². The Morgan fingerprint density at radius 3 is 2.58 bits per heavy atom. The summed E-state index contributed by atoms with van der Waals surface area (Å²) in [5.74, 6) is 1.16. The normalized spacial score (nSPS) is 10.7. The van der Waals surface area contributed by atoms with E-state index >= 15 is 0 Å². The molecule has 0 aliphatic heterocycles. The highest BCUT2D eigenvalue weighted by atomic mass is 15.4. The number of hydrogen-bond donors (Lipinski definition) is 1. The summed E-state index contributed by atoms with van der Waals surface area (Å²) in [5.41, 5.74) is 9.32. The van der Waals surface area contributed by atoms with Crippen LogP contribution in [0.2, 0.25) is 0 Å². The lowest BCUT2D eigenvalue weighted by Crippen LogP contribution is -2.21.